The third kappa shape index (κ3) is 2.28. The second-order valence-electron chi connectivity index (χ2n) is 5.13. The normalized spacial score (nSPS) is 18.9. The van der Waals surface area contributed by atoms with Crippen molar-refractivity contribution in [2.45, 2.75) is 25.7 Å². The molecule has 19 heavy (non-hydrogen) atoms. The molecule has 3 rings (SSSR count). The summed E-state index contributed by atoms with van der Waals surface area (Å²) in [6, 6.07) is 10.2. The van der Waals surface area contributed by atoms with Gasteiger partial charge in [0.1, 0.15) is 0 Å². The summed E-state index contributed by atoms with van der Waals surface area (Å²) in [6.45, 7) is 0.595. The summed E-state index contributed by atoms with van der Waals surface area (Å²) < 4.78 is 0. The van der Waals surface area contributed by atoms with Crippen molar-refractivity contribution in [2.24, 2.45) is 5.73 Å². The molecule has 3 heteroatoms. The van der Waals surface area contributed by atoms with Crippen LogP contribution in [0, 0.1) is 0 Å². The molecule has 1 aliphatic carbocycles. The van der Waals surface area contributed by atoms with Gasteiger partial charge in [-0.2, -0.15) is 0 Å². The number of para-hydroxylation sites is 1. The second kappa shape index (κ2) is 4.92. The van der Waals surface area contributed by atoms with Crippen LogP contribution in [0.2, 0.25) is 0 Å². The number of primary amides is 1. The van der Waals surface area contributed by atoms with Crippen LogP contribution in [-0.4, -0.2) is 12.5 Å². The van der Waals surface area contributed by atoms with Crippen LogP contribution in [0.5, 0.6) is 0 Å². The Labute approximate surface area is 113 Å². The monoisotopic (exact) mass is 254 g/mol. The zero-order valence-electron chi connectivity index (χ0n) is 10.9. The Hall–Kier alpha value is -2.03. The zero-order chi connectivity index (χ0) is 13.2. The SMILES string of the molecule is NC(=O)C1=CC2=C(CCCC2)N(c2ccccc2)C1. The van der Waals surface area contributed by atoms with Gasteiger partial charge in [-0.05, 0) is 49.5 Å². The smallest absolute Gasteiger partial charge is 0.246 e. The van der Waals surface area contributed by atoms with Crippen LogP contribution >= 0.6 is 0 Å². The van der Waals surface area contributed by atoms with E-state index in [1.54, 1.807) is 0 Å². The molecule has 1 aromatic rings. The van der Waals surface area contributed by atoms with E-state index in [4.69, 9.17) is 5.73 Å². The van der Waals surface area contributed by atoms with Gasteiger partial charge in [0.2, 0.25) is 5.91 Å². The van der Waals surface area contributed by atoms with Gasteiger partial charge in [0.15, 0.2) is 0 Å². The molecule has 2 N–H and O–H groups in total. The lowest BCUT2D eigenvalue weighted by Gasteiger charge is -2.35. The molecule has 98 valence electrons. The van der Waals surface area contributed by atoms with E-state index in [0.29, 0.717) is 12.1 Å². The summed E-state index contributed by atoms with van der Waals surface area (Å²) in [7, 11) is 0. The molecule has 3 nitrogen and oxygen atoms in total. The van der Waals surface area contributed by atoms with E-state index in [-0.39, 0.29) is 5.91 Å². The van der Waals surface area contributed by atoms with E-state index < -0.39 is 0 Å². The molecule has 0 bridgehead atoms. The third-order valence-electron chi connectivity index (χ3n) is 3.87. The van der Waals surface area contributed by atoms with Gasteiger partial charge in [0.25, 0.3) is 0 Å². The van der Waals surface area contributed by atoms with Gasteiger partial charge in [-0.3, -0.25) is 4.79 Å². The predicted molar refractivity (Wildman–Crippen MR) is 76.6 cm³/mol. The van der Waals surface area contributed by atoms with Crippen molar-refractivity contribution < 1.29 is 4.79 Å². The van der Waals surface area contributed by atoms with Gasteiger partial charge in [0, 0.05) is 17.0 Å². The number of carbonyl (C=O) groups is 1. The molecule has 0 unspecified atom stereocenters. The van der Waals surface area contributed by atoms with Crippen molar-refractivity contribution in [1.29, 1.82) is 0 Å². The fraction of sp³-hybridized carbons (Fsp3) is 0.312. The quantitative estimate of drug-likeness (QED) is 0.882. The average Bonchev–Trinajstić information content (AvgIpc) is 2.47. The maximum absolute atomic E-state index is 11.5. The first kappa shape index (κ1) is 12.0. The lowest BCUT2D eigenvalue weighted by atomic mass is 9.90. The number of benzene rings is 1. The zero-order valence-corrected chi connectivity index (χ0v) is 10.9. The van der Waals surface area contributed by atoms with Crippen LogP contribution in [0.3, 0.4) is 0 Å². The predicted octanol–water partition coefficient (Wildman–Crippen LogP) is 2.75. The van der Waals surface area contributed by atoms with Crippen LogP contribution in [0.25, 0.3) is 0 Å². The highest BCUT2D eigenvalue weighted by Gasteiger charge is 2.25. The molecule has 0 saturated heterocycles. The average molecular weight is 254 g/mol. The van der Waals surface area contributed by atoms with Crippen LogP contribution in [-0.2, 0) is 4.79 Å². The molecule has 1 heterocycles. The van der Waals surface area contributed by atoms with Gasteiger partial charge in [-0.1, -0.05) is 18.2 Å². The molecular weight excluding hydrogens is 236 g/mol. The number of hydrogen-bond acceptors (Lipinski definition) is 2. The highest BCUT2D eigenvalue weighted by atomic mass is 16.1. The van der Waals surface area contributed by atoms with Crippen molar-refractivity contribution in [3.05, 3.63) is 53.3 Å². The number of nitrogens with zero attached hydrogens (tertiary/aromatic N) is 1. The minimum Gasteiger partial charge on any atom is -0.366 e. The van der Waals surface area contributed by atoms with Crippen LogP contribution < -0.4 is 10.6 Å². The molecule has 0 radical (unpaired) electrons. The summed E-state index contributed by atoms with van der Waals surface area (Å²) in [5.41, 5.74) is 9.98. The standard InChI is InChI=1S/C16H18N2O/c17-16(19)13-10-12-6-4-5-9-15(12)18(11-13)14-7-2-1-3-8-14/h1-3,7-8,10H,4-6,9,11H2,(H2,17,19). The van der Waals surface area contributed by atoms with Gasteiger partial charge in [-0.25, -0.2) is 0 Å². The van der Waals surface area contributed by atoms with Crippen molar-refractivity contribution in [1.82, 2.24) is 0 Å². The minimum absolute atomic E-state index is 0.307. The van der Waals surface area contributed by atoms with Crippen molar-refractivity contribution in [2.75, 3.05) is 11.4 Å². The molecule has 0 aromatic heterocycles. The number of amides is 1. The van der Waals surface area contributed by atoms with Gasteiger partial charge >= 0.3 is 0 Å². The Balaban J connectivity index is 2.03. The first-order valence-electron chi connectivity index (χ1n) is 6.80. The van der Waals surface area contributed by atoms with Crippen molar-refractivity contribution in [3.63, 3.8) is 0 Å². The third-order valence-corrected chi connectivity index (χ3v) is 3.87. The molecule has 2 aliphatic rings. The van der Waals surface area contributed by atoms with E-state index in [2.05, 4.69) is 17.0 Å². The van der Waals surface area contributed by atoms with E-state index in [9.17, 15) is 4.79 Å². The number of allylic oxidation sites excluding steroid dienone is 3. The lowest BCUT2D eigenvalue weighted by molar-refractivity contribution is -0.114. The highest BCUT2D eigenvalue weighted by molar-refractivity contribution is 5.94. The molecule has 0 fully saturated rings. The van der Waals surface area contributed by atoms with Crippen LogP contribution in [0.1, 0.15) is 25.7 Å². The molecule has 1 aromatic carbocycles. The van der Waals surface area contributed by atoms with Gasteiger partial charge in [0.05, 0.1) is 6.54 Å². The number of anilines is 1. The molecular formula is C16H18N2O. The molecule has 0 spiro atoms. The largest absolute Gasteiger partial charge is 0.366 e. The Kier molecular flexibility index (Phi) is 3.11. The van der Waals surface area contributed by atoms with Crippen LogP contribution in [0.15, 0.2) is 53.3 Å². The number of hydrogen-bond donors (Lipinski definition) is 1. The molecule has 0 saturated carbocycles. The Morgan fingerprint density at radius 1 is 1.11 bits per heavy atom. The van der Waals surface area contributed by atoms with E-state index in [0.717, 1.165) is 18.5 Å². The van der Waals surface area contributed by atoms with E-state index >= 15 is 0 Å². The molecule has 1 aliphatic heterocycles. The topological polar surface area (TPSA) is 46.3 Å². The van der Waals surface area contributed by atoms with E-state index in [1.165, 1.54) is 24.1 Å². The number of nitrogens with two attached hydrogens (primary N) is 1. The van der Waals surface area contributed by atoms with Gasteiger partial charge in [-0.15, -0.1) is 0 Å². The summed E-state index contributed by atoms with van der Waals surface area (Å²) in [5.74, 6) is -0.307. The first-order valence-corrected chi connectivity index (χ1v) is 6.80. The lowest BCUT2D eigenvalue weighted by Crippen LogP contribution is -2.34. The highest BCUT2D eigenvalue weighted by Crippen LogP contribution is 2.35. The Morgan fingerprint density at radius 3 is 2.58 bits per heavy atom. The summed E-state index contributed by atoms with van der Waals surface area (Å²) in [6.07, 6.45) is 6.57. The minimum atomic E-state index is -0.307. The maximum Gasteiger partial charge on any atom is 0.246 e. The Bertz CT molecular complexity index is 557. The van der Waals surface area contributed by atoms with Gasteiger partial charge < -0.3 is 10.6 Å². The number of rotatable bonds is 2. The fourth-order valence-corrected chi connectivity index (χ4v) is 2.90. The fourth-order valence-electron chi connectivity index (χ4n) is 2.90. The first-order chi connectivity index (χ1) is 9.25. The van der Waals surface area contributed by atoms with Crippen molar-refractivity contribution in [3.8, 4) is 0 Å². The molecule has 0 atom stereocenters. The Morgan fingerprint density at radius 2 is 1.84 bits per heavy atom. The van der Waals surface area contributed by atoms with E-state index in [1.807, 2.05) is 24.3 Å². The molecule has 1 amide bonds. The van der Waals surface area contributed by atoms with Crippen LogP contribution in [0.4, 0.5) is 5.69 Å². The number of carbonyl (C=O) groups excluding carboxylic acids is 1. The summed E-state index contributed by atoms with van der Waals surface area (Å²) in [5, 5.41) is 0. The van der Waals surface area contributed by atoms with Crippen molar-refractivity contribution >= 4 is 11.6 Å². The second-order valence-corrected chi connectivity index (χ2v) is 5.13. The summed E-state index contributed by atoms with van der Waals surface area (Å²) in [4.78, 5) is 13.8. The summed E-state index contributed by atoms with van der Waals surface area (Å²) >= 11 is 0. The maximum atomic E-state index is 11.5.